The molecule has 0 fully saturated rings. The van der Waals surface area contributed by atoms with Crippen LogP contribution in [0.2, 0.25) is 0 Å². The van der Waals surface area contributed by atoms with Crippen LogP contribution in [-0.4, -0.2) is 32.2 Å². The molecule has 0 aliphatic carbocycles. The Morgan fingerprint density at radius 1 is 0.833 bits per heavy atom. The summed E-state index contributed by atoms with van der Waals surface area (Å²) in [5, 5.41) is 18.5. The van der Waals surface area contributed by atoms with Gasteiger partial charge in [0.25, 0.3) is 0 Å². The van der Waals surface area contributed by atoms with Crippen molar-refractivity contribution in [3.63, 3.8) is 0 Å². The second-order valence-electron chi connectivity index (χ2n) is 6.77. The predicted molar refractivity (Wildman–Crippen MR) is 121 cm³/mol. The summed E-state index contributed by atoms with van der Waals surface area (Å²) in [7, 11) is 0. The van der Waals surface area contributed by atoms with Crippen LogP contribution in [-0.2, 0) is 12.3 Å². The zero-order valence-corrected chi connectivity index (χ0v) is 17.3. The van der Waals surface area contributed by atoms with Crippen LogP contribution in [0.5, 0.6) is 11.5 Å². The minimum atomic E-state index is 0.238. The van der Waals surface area contributed by atoms with Gasteiger partial charge in [-0.25, -0.2) is 0 Å². The van der Waals surface area contributed by atoms with Crippen LogP contribution >= 0.6 is 11.8 Å². The minimum Gasteiger partial charge on any atom is -0.508 e. The molecule has 0 radical (unpaired) electrons. The molecular formula is C24H23N3O2S. The summed E-state index contributed by atoms with van der Waals surface area (Å²) in [6.45, 7) is 1.34. The van der Waals surface area contributed by atoms with Crippen LogP contribution in [0, 0.1) is 0 Å². The van der Waals surface area contributed by atoms with Crippen LogP contribution in [0.25, 0.3) is 11.4 Å². The number of aromatic nitrogens is 3. The summed E-state index contributed by atoms with van der Waals surface area (Å²) in [6.07, 6.45) is 0. The normalized spacial score (nSPS) is 10.8. The zero-order chi connectivity index (χ0) is 20.6. The van der Waals surface area contributed by atoms with E-state index in [0.29, 0.717) is 13.2 Å². The van der Waals surface area contributed by atoms with E-state index in [2.05, 4.69) is 26.9 Å². The number of ether oxygens (including phenoxy) is 1. The summed E-state index contributed by atoms with van der Waals surface area (Å²) in [4.78, 5) is 0. The van der Waals surface area contributed by atoms with E-state index >= 15 is 0 Å². The highest BCUT2D eigenvalue weighted by molar-refractivity contribution is 7.98. The smallest absolute Gasteiger partial charge is 0.164 e. The fourth-order valence-corrected chi connectivity index (χ4v) is 3.84. The van der Waals surface area contributed by atoms with Crippen molar-refractivity contribution in [2.24, 2.45) is 0 Å². The van der Waals surface area contributed by atoms with Crippen molar-refractivity contribution >= 4 is 11.8 Å². The van der Waals surface area contributed by atoms with Crippen molar-refractivity contribution in [3.05, 3.63) is 96.3 Å². The Bertz CT molecular complexity index is 1050. The van der Waals surface area contributed by atoms with Gasteiger partial charge in [0.2, 0.25) is 0 Å². The van der Waals surface area contributed by atoms with Crippen LogP contribution in [0.1, 0.15) is 11.4 Å². The zero-order valence-electron chi connectivity index (χ0n) is 16.5. The van der Waals surface area contributed by atoms with E-state index in [-0.39, 0.29) is 5.75 Å². The summed E-state index contributed by atoms with van der Waals surface area (Å²) in [5.41, 5.74) is 2.12. The van der Waals surface area contributed by atoms with Gasteiger partial charge in [0.1, 0.15) is 17.3 Å². The second-order valence-corrected chi connectivity index (χ2v) is 7.88. The molecule has 0 spiro atoms. The van der Waals surface area contributed by atoms with E-state index < -0.39 is 0 Å². The molecule has 0 saturated carbocycles. The number of thioether (sulfide) groups is 1. The Morgan fingerprint density at radius 3 is 2.27 bits per heavy atom. The Labute approximate surface area is 180 Å². The van der Waals surface area contributed by atoms with Gasteiger partial charge < -0.3 is 14.4 Å². The molecule has 1 heterocycles. The highest BCUT2D eigenvalue weighted by Crippen LogP contribution is 2.24. The molecule has 0 amide bonds. The first-order valence-electron chi connectivity index (χ1n) is 9.80. The number of phenolic OH excluding ortho intramolecular Hbond substituents is 1. The first-order chi connectivity index (χ1) is 14.8. The lowest BCUT2D eigenvalue weighted by molar-refractivity contribution is 0.344. The minimum absolute atomic E-state index is 0.238. The lowest BCUT2D eigenvalue weighted by Gasteiger charge is -2.11. The van der Waals surface area contributed by atoms with Crippen molar-refractivity contribution < 1.29 is 9.84 Å². The average Bonchev–Trinajstić information content (AvgIpc) is 3.18. The first kappa shape index (κ1) is 20.0. The van der Waals surface area contributed by atoms with Gasteiger partial charge in [-0.3, -0.25) is 0 Å². The molecular weight excluding hydrogens is 394 g/mol. The van der Waals surface area contributed by atoms with Gasteiger partial charge >= 0.3 is 0 Å². The van der Waals surface area contributed by atoms with Crippen molar-refractivity contribution in [2.75, 3.05) is 12.4 Å². The number of benzene rings is 3. The number of rotatable bonds is 9. The molecule has 0 unspecified atom stereocenters. The summed E-state index contributed by atoms with van der Waals surface area (Å²) in [5.74, 6) is 4.46. The maximum Gasteiger partial charge on any atom is 0.164 e. The van der Waals surface area contributed by atoms with E-state index in [1.807, 2.05) is 60.7 Å². The number of hydrogen-bond donors (Lipinski definition) is 1. The standard InChI is InChI=1S/C24H23N3O2S/c28-21-13-11-20(12-14-21)24-26-25-23(27(24)17-19-7-3-1-4-8-19)18-30-16-15-29-22-9-5-2-6-10-22/h1-14,28H,15-18H2. The lowest BCUT2D eigenvalue weighted by atomic mass is 10.2. The highest BCUT2D eigenvalue weighted by atomic mass is 32.2. The SMILES string of the molecule is Oc1ccc(-c2nnc(CSCCOc3ccccc3)n2Cc2ccccc2)cc1. The number of para-hydroxylation sites is 1. The molecule has 1 aromatic heterocycles. The van der Waals surface area contributed by atoms with Crippen molar-refractivity contribution in [1.82, 2.24) is 14.8 Å². The molecule has 0 saturated heterocycles. The van der Waals surface area contributed by atoms with Crippen LogP contribution in [0.3, 0.4) is 0 Å². The lowest BCUT2D eigenvalue weighted by Crippen LogP contribution is -2.07. The fourth-order valence-electron chi connectivity index (χ4n) is 3.10. The Kier molecular flexibility index (Phi) is 6.67. The van der Waals surface area contributed by atoms with Gasteiger partial charge in [-0.1, -0.05) is 48.5 Å². The van der Waals surface area contributed by atoms with E-state index in [4.69, 9.17) is 4.74 Å². The topological polar surface area (TPSA) is 60.2 Å². The third-order valence-electron chi connectivity index (χ3n) is 4.61. The van der Waals surface area contributed by atoms with Gasteiger partial charge in [-0.2, -0.15) is 11.8 Å². The average molecular weight is 418 g/mol. The Morgan fingerprint density at radius 2 is 1.53 bits per heavy atom. The molecule has 0 bridgehead atoms. The van der Waals surface area contributed by atoms with E-state index in [1.54, 1.807) is 23.9 Å². The third-order valence-corrected chi connectivity index (χ3v) is 5.52. The van der Waals surface area contributed by atoms with Crippen LogP contribution in [0.4, 0.5) is 0 Å². The third kappa shape index (κ3) is 5.21. The molecule has 6 heteroatoms. The molecule has 4 rings (SSSR count). The molecule has 30 heavy (non-hydrogen) atoms. The maximum absolute atomic E-state index is 9.60. The number of phenols is 1. The molecule has 3 aromatic carbocycles. The second kappa shape index (κ2) is 9.98. The molecule has 0 aliphatic heterocycles. The van der Waals surface area contributed by atoms with Crippen molar-refractivity contribution in [2.45, 2.75) is 12.3 Å². The molecule has 5 nitrogen and oxygen atoms in total. The van der Waals surface area contributed by atoms with Gasteiger partial charge in [0.15, 0.2) is 5.82 Å². The first-order valence-corrected chi connectivity index (χ1v) is 11.0. The van der Waals surface area contributed by atoms with Crippen LogP contribution < -0.4 is 4.74 Å². The summed E-state index contributed by atoms with van der Waals surface area (Å²) >= 11 is 1.77. The van der Waals surface area contributed by atoms with Gasteiger partial charge in [-0.05, 0) is 42.0 Å². The summed E-state index contributed by atoms with van der Waals surface area (Å²) < 4.78 is 7.91. The largest absolute Gasteiger partial charge is 0.508 e. The Balaban J connectivity index is 1.45. The monoisotopic (exact) mass is 417 g/mol. The molecule has 152 valence electrons. The van der Waals surface area contributed by atoms with Gasteiger partial charge in [0, 0.05) is 11.3 Å². The number of hydrogen-bond acceptors (Lipinski definition) is 5. The van der Waals surface area contributed by atoms with E-state index in [9.17, 15) is 5.11 Å². The fraction of sp³-hybridized carbons (Fsp3) is 0.167. The Hall–Kier alpha value is -3.25. The van der Waals surface area contributed by atoms with Gasteiger partial charge in [-0.15, -0.1) is 10.2 Å². The van der Waals surface area contributed by atoms with E-state index in [0.717, 1.165) is 34.5 Å². The van der Waals surface area contributed by atoms with Crippen molar-refractivity contribution in [3.8, 4) is 22.9 Å². The molecule has 4 aromatic rings. The summed E-state index contributed by atoms with van der Waals surface area (Å²) in [6, 6.07) is 27.2. The predicted octanol–water partition coefficient (Wildman–Crippen LogP) is 5.01. The molecule has 0 atom stereocenters. The van der Waals surface area contributed by atoms with E-state index in [1.165, 1.54) is 5.56 Å². The molecule has 0 aliphatic rings. The number of nitrogens with zero attached hydrogens (tertiary/aromatic N) is 3. The highest BCUT2D eigenvalue weighted by Gasteiger charge is 2.14. The van der Waals surface area contributed by atoms with Gasteiger partial charge in [0.05, 0.1) is 18.9 Å². The van der Waals surface area contributed by atoms with Crippen LogP contribution in [0.15, 0.2) is 84.9 Å². The molecule has 1 N–H and O–H groups in total. The number of aromatic hydroxyl groups is 1. The van der Waals surface area contributed by atoms with Crippen molar-refractivity contribution in [1.29, 1.82) is 0 Å². The maximum atomic E-state index is 9.60. The quantitative estimate of drug-likeness (QED) is 0.388.